The number of benzene rings is 1. The van der Waals surface area contributed by atoms with E-state index in [9.17, 15) is 0 Å². The molecule has 0 fully saturated rings. The van der Waals surface area contributed by atoms with Crippen LogP contribution in [0.15, 0.2) is 35.6 Å². The van der Waals surface area contributed by atoms with Crippen LogP contribution < -0.4 is 15.4 Å². The summed E-state index contributed by atoms with van der Waals surface area (Å²) in [6.07, 6.45) is 4.86. The fraction of sp³-hybridized carbons (Fsp3) is 0.524. The van der Waals surface area contributed by atoms with E-state index in [2.05, 4.69) is 66.8 Å². The molecule has 0 aliphatic heterocycles. The first kappa shape index (κ1) is 25.2. The molecule has 0 aliphatic carbocycles. The number of methoxy groups -OCH3 is 1. The Morgan fingerprint density at radius 2 is 2.07 bits per heavy atom. The summed E-state index contributed by atoms with van der Waals surface area (Å²) >= 11 is 0. The Kier molecular flexibility index (Phi) is 11.0. The second kappa shape index (κ2) is 12.7. The number of nitrogens with one attached hydrogen (secondary N) is 2. The minimum absolute atomic E-state index is 0. The highest BCUT2D eigenvalue weighted by molar-refractivity contribution is 14.0. The van der Waals surface area contributed by atoms with Crippen LogP contribution in [0.25, 0.3) is 0 Å². The van der Waals surface area contributed by atoms with Crippen LogP contribution in [-0.2, 0) is 13.5 Å². The molecule has 0 aliphatic rings. The smallest absolute Gasteiger partial charge is 0.191 e. The van der Waals surface area contributed by atoms with E-state index in [1.807, 2.05) is 24.1 Å². The van der Waals surface area contributed by atoms with Gasteiger partial charge in [-0.15, -0.1) is 24.0 Å². The van der Waals surface area contributed by atoms with Gasteiger partial charge in [-0.1, -0.05) is 12.1 Å². The summed E-state index contributed by atoms with van der Waals surface area (Å²) in [4.78, 5) is 6.96. The summed E-state index contributed by atoms with van der Waals surface area (Å²) in [6, 6.07) is 6.54. The summed E-state index contributed by atoms with van der Waals surface area (Å²) in [5, 5.41) is 11.0. The molecule has 162 valence electrons. The van der Waals surface area contributed by atoms with Crippen molar-refractivity contribution < 1.29 is 4.74 Å². The van der Waals surface area contributed by atoms with Crippen LogP contribution >= 0.6 is 24.0 Å². The summed E-state index contributed by atoms with van der Waals surface area (Å²) in [7, 11) is 7.78. The van der Waals surface area contributed by atoms with E-state index >= 15 is 0 Å². The molecule has 0 saturated carbocycles. The zero-order valence-electron chi connectivity index (χ0n) is 18.4. The number of likely N-dealkylation sites (N-methyl/N-ethyl adjacent to an activating group) is 1. The second-order valence-corrected chi connectivity index (χ2v) is 7.13. The molecule has 2 N–H and O–H groups in total. The Morgan fingerprint density at radius 3 is 2.66 bits per heavy atom. The van der Waals surface area contributed by atoms with Gasteiger partial charge in [0.05, 0.1) is 25.9 Å². The van der Waals surface area contributed by atoms with E-state index < -0.39 is 0 Å². The lowest BCUT2D eigenvalue weighted by molar-refractivity contribution is 0.306. The van der Waals surface area contributed by atoms with Crippen molar-refractivity contribution in [1.29, 1.82) is 0 Å². The number of guanidine groups is 1. The van der Waals surface area contributed by atoms with Crippen LogP contribution in [-0.4, -0.2) is 61.5 Å². The molecular weight excluding hydrogens is 479 g/mol. The van der Waals surface area contributed by atoms with E-state index in [0.29, 0.717) is 6.54 Å². The van der Waals surface area contributed by atoms with Gasteiger partial charge in [-0.2, -0.15) is 5.10 Å². The fourth-order valence-electron chi connectivity index (χ4n) is 3.04. The van der Waals surface area contributed by atoms with Crippen molar-refractivity contribution in [2.75, 3.05) is 40.8 Å². The highest BCUT2D eigenvalue weighted by atomic mass is 127. The molecule has 1 heterocycles. The molecule has 0 radical (unpaired) electrons. The number of aliphatic imine (C=N–C) groups is 1. The van der Waals surface area contributed by atoms with Gasteiger partial charge in [0.2, 0.25) is 0 Å². The van der Waals surface area contributed by atoms with Gasteiger partial charge in [-0.3, -0.25) is 9.67 Å². The Bertz CT molecular complexity index is 774. The predicted octanol–water partition coefficient (Wildman–Crippen LogP) is 2.76. The number of hydrogen-bond acceptors (Lipinski definition) is 4. The topological polar surface area (TPSA) is 66.7 Å². The van der Waals surface area contributed by atoms with Gasteiger partial charge in [0.1, 0.15) is 5.75 Å². The number of hydrogen-bond donors (Lipinski definition) is 2. The summed E-state index contributed by atoms with van der Waals surface area (Å²) in [6.45, 7) is 6.42. The normalized spacial score (nSPS) is 12.4. The molecule has 0 saturated heterocycles. The minimum atomic E-state index is 0. The molecule has 2 rings (SSSR count). The van der Waals surface area contributed by atoms with Crippen LogP contribution in [0.2, 0.25) is 0 Å². The zero-order chi connectivity index (χ0) is 20.5. The van der Waals surface area contributed by atoms with Crippen LogP contribution in [0.3, 0.4) is 0 Å². The minimum Gasteiger partial charge on any atom is -0.496 e. The third-order valence-corrected chi connectivity index (χ3v) is 4.68. The van der Waals surface area contributed by atoms with Crippen LogP contribution in [0.4, 0.5) is 0 Å². The lowest BCUT2D eigenvalue weighted by Crippen LogP contribution is -2.39. The highest BCUT2D eigenvalue weighted by Crippen LogP contribution is 2.19. The Hall–Kier alpha value is -1.81. The average Bonchev–Trinajstić information content (AvgIpc) is 3.08. The van der Waals surface area contributed by atoms with Crippen molar-refractivity contribution in [3.63, 3.8) is 0 Å². The van der Waals surface area contributed by atoms with Gasteiger partial charge in [0.25, 0.3) is 0 Å². The molecule has 2 aromatic rings. The van der Waals surface area contributed by atoms with Gasteiger partial charge in [-0.25, -0.2) is 0 Å². The molecule has 29 heavy (non-hydrogen) atoms. The molecule has 1 unspecified atom stereocenters. The van der Waals surface area contributed by atoms with Crippen molar-refractivity contribution in [3.8, 4) is 5.75 Å². The Balaban J connectivity index is 0.00000420. The number of rotatable bonds is 9. The standard InChI is InChI=1S/C21H34N6O.HI/c1-7-22-21(23-11-10-17-9-8-16(2)20(12-17)28-6)24-14-19(26(3)4)18-13-25-27(5)15-18;/h8-9,12-13,15,19H,7,10-11,14H2,1-6H3,(H2,22,23,24);1H. The average molecular weight is 514 g/mol. The van der Waals surface area contributed by atoms with Gasteiger partial charge in [0.15, 0.2) is 5.96 Å². The highest BCUT2D eigenvalue weighted by Gasteiger charge is 2.15. The molecule has 0 bridgehead atoms. The van der Waals surface area contributed by atoms with Crippen molar-refractivity contribution in [3.05, 3.63) is 47.3 Å². The summed E-state index contributed by atoms with van der Waals surface area (Å²) in [5.41, 5.74) is 3.56. The molecule has 8 heteroatoms. The molecule has 0 spiro atoms. The first-order valence-electron chi connectivity index (χ1n) is 9.75. The van der Waals surface area contributed by atoms with Crippen LogP contribution in [0.1, 0.15) is 29.7 Å². The van der Waals surface area contributed by atoms with E-state index in [0.717, 1.165) is 36.8 Å². The third kappa shape index (κ3) is 7.85. The van der Waals surface area contributed by atoms with Crippen molar-refractivity contribution >= 4 is 29.9 Å². The number of aryl methyl sites for hydroxylation is 2. The molecular formula is C21H35IN6O. The van der Waals surface area contributed by atoms with Gasteiger partial charge in [0, 0.05) is 31.9 Å². The quantitative estimate of drug-likeness (QED) is 0.306. The lowest BCUT2D eigenvalue weighted by Gasteiger charge is -2.22. The van der Waals surface area contributed by atoms with E-state index in [-0.39, 0.29) is 30.0 Å². The van der Waals surface area contributed by atoms with Gasteiger partial charge >= 0.3 is 0 Å². The number of nitrogens with zero attached hydrogens (tertiary/aromatic N) is 4. The summed E-state index contributed by atoms with van der Waals surface area (Å²) in [5.74, 6) is 1.76. The maximum Gasteiger partial charge on any atom is 0.191 e. The van der Waals surface area contributed by atoms with Crippen molar-refractivity contribution in [2.45, 2.75) is 26.3 Å². The lowest BCUT2D eigenvalue weighted by atomic mass is 10.1. The maximum absolute atomic E-state index is 5.41. The number of ether oxygens (including phenoxy) is 1. The van der Waals surface area contributed by atoms with Gasteiger partial charge < -0.3 is 20.3 Å². The van der Waals surface area contributed by atoms with E-state index in [4.69, 9.17) is 9.73 Å². The first-order valence-corrected chi connectivity index (χ1v) is 9.75. The van der Waals surface area contributed by atoms with E-state index in [1.165, 1.54) is 11.1 Å². The SMILES string of the molecule is CCNC(=NCC(c1cnn(C)c1)N(C)C)NCCc1ccc(C)c(OC)c1.I. The zero-order valence-corrected chi connectivity index (χ0v) is 20.7. The molecule has 0 amide bonds. The van der Waals surface area contributed by atoms with Crippen molar-refractivity contribution in [2.24, 2.45) is 12.0 Å². The first-order chi connectivity index (χ1) is 13.4. The Morgan fingerprint density at radius 1 is 1.31 bits per heavy atom. The number of halogens is 1. The monoisotopic (exact) mass is 514 g/mol. The molecule has 1 aromatic carbocycles. The molecule has 1 atom stereocenters. The predicted molar refractivity (Wildman–Crippen MR) is 130 cm³/mol. The number of aromatic nitrogens is 2. The van der Waals surface area contributed by atoms with Gasteiger partial charge in [-0.05, 0) is 51.6 Å². The van der Waals surface area contributed by atoms with Crippen LogP contribution in [0.5, 0.6) is 5.75 Å². The second-order valence-electron chi connectivity index (χ2n) is 7.13. The van der Waals surface area contributed by atoms with Crippen molar-refractivity contribution in [1.82, 2.24) is 25.3 Å². The molecule has 1 aromatic heterocycles. The Labute approximate surface area is 191 Å². The third-order valence-electron chi connectivity index (χ3n) is 4.68. The summed E-state index contributed by atoms with van der Waals surface area (Å²) < 4.78 is 7.24. The van der Waals surface area contributed by atoms with Crippen LogP contribution in [0, 0.1) is 6.92 Å². The fourth-order valence-corrected chi connectivity index (χ4v) is 3.04. The molecule has 7 nitrogen and oxygen atoms in total. The largest absolute Gasteiger partial charge is 0.496 e. The van der Waals surface area contributed by atoms with E-state index in [1.54, 1.807) is 7.11 Å². The maximum atomic E-state index is 5.41.